The van der Waals surface area contributed by atoms with Gasteiger partial charge in [0.2, 0.25) is 0 Å². The summed E-state index contributed by atoms with van der Waals surface area (Å²) >= 11 is 0. The molecule has 0 radical (unpaired) electrons. The van der Waals surface area contributed by atoms with E-state index in [0.717, 1.165) is 6.42 Å². The topological polar surface area (TPSA) is 78.6 Å². The summed E-state index contributed by atoms with van der Waals surface area (Å²) in [5.41, 5.74) is 5.67. The molecule has 5 heteroatoms. The fraction of sp³-hybridized carbons (Fsp3) is 0.800. The zero-order valence-electron chi connectivity index (χ0n) is 9.49. The van der Waals surface area contributed by atoms with Crippen LogP contribution in [0, 0.1) is 5.92 Å². The largest absolute Gasteiger partial charge is 0.516 e. The second kappa shape index (κ2) is 7.23. The van der Waals surface area contributed by atoms with E-state index in [1.807, 2.05) is 13.8 Å². The number of carbonyl (C=O) groups excluding carboxylic acids is 2. The summed E-state index contributed by atoms with van der Waals surface area (Å²) in [6.07, 6.45) is -0.200. The van der Waals surface area contributed by atoms with Crippen LogP contribution in [-0.4, -0.2) is 24.8 Å². The maximum Gasteiger partial charge on any atom is 0.516 e. The molecule has 0 amide bonds. The van der Waals surface area contributed by atoms with Gasteiger partial charge in [-0.15, -0.1) is 0 Å². The maximum atomic E-state index is 11.1. The van der Waals surface area contributed by atoms with Gasteiger partial charge in [0.05, 0.1) is 13.0 Å². The van der Waals surface area contributed by atoms with Crippen molar-refractivity contribution in [3.63, 3.8) is 0 Å². The van der Waals surface area contributed by atoms with Crippen LogP contribution in [0.15, 0.2) is 0 Å². The van der Waals surface area contributed by atoms with Crippen LogP contribution in [0.25, 0.3) is 0 Å². The third-order valence-corrected chi connectivity index (χ3v) is 1.66. The monoisotopic (exact) mass is 217 g/mol. The minimum atomic E-state index is -0.959. The SMILES string of the molecule is CCOC(=O)OC(=O)CC(N)CC(C)C. The Morgan fingerprint density at radius 3 is 2.40 bits per heavy atom. The van der Waals surface area contributed by atoms with E-state index in [1.165, 1.54) is 0 Å². The molecule has 0 rings (SSSR count). The number of hydrogen-bond acceptors (Lipinski definition) is 5. The van der Waals surface area contributed by atoms with Gasteiger partial charge < -0.3 is 15.2 Å². The van der Waals surface area contributed by atoms with Crippen LogP contribution < -0.4 is 5.73 Å². The zero-order chi connectivity index (χ0) is 11.8. The Bertz CT molecular complexity index is 215. The molecule has 0 heterocycles. The second-order valence-corrected chi connectivity index (χ2v) is 3.75. The maximum absolute atomic E-state index is 11.1. The highest BCUT2D eigenvalue weighted by atomic mass is 16.7. The van der Waals surface area contributed by atoms with Crippen molar-refractivity contribution in [2.75, 3.05) is 6.61 Å². The van der Waals surface area contributed by atoms with Crippen LogP contribution in [0.1, 0.15) is 33.6 Å². The number of hydrogen-bond donors (Lipinski definition) is 1. The highest BCUT2D eigenvalue weighted by molar-refractivity contribution is 5.82. The first-order valence-electron chi connectivity index (χ1n) is 5.08. The molecule has 0 fully saturated rings. The first-order valence-corrected chi connectivity index (χ1v) is 5.08. The summed E-state index contributed by atoms with van der Waals surface area (Å²) in [6.45, 7) is 5.84. The standard InChI is InChI=1S/C10H19NO4/c1-4-14-10(13)15-9(12)6-8(11)5-7(2)3/h7-8H,4-6,11H2,1-3H3. The Kier molecular flexibility index (Phi) is 6.70. The fourth-order valence-corrected chi connectivity index (χ4v) is 1.18. The van der Waals surface area contributed by atoms with Crippen LogP contribution in [0.2, 0.25) is 0 Å². The smallest absolute Gasteiger partial charge is 0.434 e. The van der Waals surface area contributed by atoms with E-state index in [-0.39, 0.29) is 19.1 Å². The Morgan fingerprint density at radius 2 is 1.93 bits per heavy atom. The number of nitrogens with two attached hydrogens (primary N) is 1. The summed E-state index contributed by atoms with van der Waals surface area (Å²) in [7, 11) is 0. The summed E-state index contributed by atoms with van der Waals surface area (Å²) in [5.74, 6) is -0.225. The molecule has 5 nitrogen and oxygen atoms in total. The van der Waals surface area contributed by atoms with Gasteiger partial charge in [-0.2, -0.15) is 0 Å². The third kappa shape index (κ3) is 7.93. The highest BCUT2D eigenvalue weighted by Crippen LogP contribution is 2.06. The third-order valence-electron chi connectivity index (χ3n) is 1.66. The van der Waals surface area contributed by atoms with Crippen LogP contribution in [0.4, 0.5) is 4.79 Å². The van der Waals surface area contributed by atoms with Gasteiger partial charge in [0, 0.05) is 6.04 Å². The van der Waals surface area contributed by atoms with Crippen molar-refractivity contribution in [1.82, 2.24) is 0 Å². The number of esters is 1. The minimum absolute atomic E-state index is 0.0387. The number of ether oxygens (including phenoxy) is 2. The van der Waals surface area contributed by atoms with E-state index >= 15 is 0 Å². The molecule has 0 aromatic rings. The van der Waals surface area contributed by atoms with Gasteiger partial charge in [-0.25, -0.2) is 4.79 Å². The lowest BCUT2D eigenvalue weighted by molar-refractivity contribution is -0.140. The quantitative estimate of drug-likeness (QED) is 0.557. The molecule has 0 saturated carbocycles. The normalized spacial score (nSPS) is 12.3. The van der Waals surface area contributed by atoms with E-state index in [4.69, 9.17) is 5.73 Å². The van der Waals surface area contributed by atoms with E-state index in [9.17, 15) is 9.59 Å². The molecule has 0 aromatic carbocycles. The molecule has 2 N–H and O–H groups in total. The van der Waals surface area contributed by atoms with Gasteiger partial charge in [0.25, 0.3) is 0 Å². The predicted molar refractivity (Wildman–Crippen MR) is 55.2 cm³/mol. The van der Waals surface area contributed by atoms with Crippen molar-refractivity contribution in [1.29, 1.82) is 0 Å². The van der Waals surface area contributed by atoms with Crippen molar-refractivity contribution in [2.45, 2.75) is 39.7 Å². The van der Waals surface area contributed by atoms with E-state index in [1.54, 1.807) is 6.92 Å². The van der Waals surface area contributed by atoms with Crippen LogP contribution in [0.5, 0.6) is 0 Å². The van der Waals surface area contributed by atoms with Crippen LogP contribution in [-0.2, 0) is 14.3 Å². The lowest BCUT2D eigenvalue weighted by atomic mass is 10.0. The van der Waals surface area contributed by atoms with Gasteiger partial charge >= 0.3 is 12.1 Å². The zero-order valence-corrected chi connectivity index (χ0v) is 9.49. The average Bonchev–Trinajstić information content (AvgIpc) is 2.00. The molecule has 1 atom stereocenters. The first-order chi connectivity index (χ1) is 6.95. The summed E-state index contributed by atoms with van der Waals surface area (Å²) in [4.78, 5) is 21.9. The van der Waals surface area contributed by atoms with E-state index in [2.05, 4.69) is 9.47 Å². The molecule has 0 bridgehead atoms. The lowest BCUT2D eigenvalue weighted by Gasteiger charge is -2.12. The molecular weight excluding hydrogens is 198 g/mol. The van der Waals surface area contributed by atoms with Gasteiger partial charge in [-0.3, -0.25) is 4.79 Å². The molecule has 15 heavy (non-hydrogen) atoms. The molecule has 0 aliphatic heterocycles. The average molecular weight is 217 g/mol. The Labute approximate surface area is 89.9 Å². The predicted octanol–water partition coefficient (Wildman–Crippen LogP) is 1.45. The first kappa shape index (κ1) is 13.9. The van der Waals surface area contributed by atoms with Crippen LogP contribution in [0.3, 0.4) is 0 Å². The van der Waals surface area contributed by atoms with Crippen molar-refractivity contribution in [3.8, 4) is 0 Å². The Morgan fingerprint density at radius 1 is 1.33 bits per heavy atom. The van der Waals surface area contributed by atoms with E-state index < -0.39 is 12.1 Å². The van der Waals surface area contributed by atoms with Crippen molar-refractivity contribution >= 4 is 12.1 Å². The summed E-state index contributed by atoms with van der Waals surface area (Å²) in [6, 6.07) is -0.271. The second-order valence-electron chi connectivity index (χ2n) is 3.75. The summed E-state index contributed by atoms with van der Waals surface area (Å²) < 4.78 is 8.82. The summed E-state index contributed by atoms with van der Waals surface area (Å²) in [5, 5.41) is 0. The molecule has 88 valence electrons. The Hall–Kier alpha value is -1.10. The van der Waals surface area contributed by atoms with Crippen molar-refractivity contribution in [3.05, 3.63) is 0 Å². The molecule has 1 unspecified atom stereocenters. The lowest BCUT2D eigenvalue weighted by Crippen LogP contribution is -2.27. The van der Waals surface area contributed by atoms with Crippen LogP contribution >= 0.6 is 0 Å². The van der Waals surface area contributed by atoms with Gasteiger partial charge in [-0.05, 0) is 19.3 Å². The molecule has 0 saturated heterocycles. The molecule has 0 spiro atoms. The molecule has 0 aliphatic rings. The van der Waals surface area contributed by atoms with Crippen molar-refractivity contribution in [2.24, 2.45) is 11.7 Å². The molecule has 0 aliphatic carbocycles. The highest BCUT2D eigenvalue weighted by Gasteiger charge is 2.15. The van der Waals surface area contributed by atoms with Gasteiger partial charge in [0.1, 0.15) is 0 Å². The number of carbonyl (C=O) groups is 2. The fourth-order valence-electron chi connectivity index (χ4n) is 1.18. The van der Waals surface area contributed by atoms with E-state index in [0.29, 0.717) is 5.92 Å². The van der Waals surface area contributed by atoms with Crippen molar-refractivity contribution < 1.29 is 19.1 Å². The molecular formula is C10H19NO4. The molecule has 0 aromatic heterocycles. The van der Waals surface area contributed by atoms with Gasteiger partial charge in [0.15, 0.2) is 0 Å². The number of rotatable bonds is 5. The minimum Gasteiger partial charge on any atom is -0.434 e. The van der Waals surface area contributed by atoms with Gasteiger partial charge in [-0.1, -0.05) is 13.8 Å². The Balaban J connectivity index is 3.78.